The number of carbonyl (C=O) groups is 1. The molecule has 3 heteroatoms. The lowest BCUT2D eigenvalue weighted by Gasteiger charge is -2.53. The average molecular weight is 295 g/mol. The number of hydrogen-bond donors (Lipinski definition) is 1. The Balaban J connectivity index is 3.00. The van der Waals surface area contributed by atoms with Gasteiger partial charge in [-0.3, -0.25) is 4.79 Å². The number of aliphatic hydroxyl groups is 1. The zero-order chi connectivity index (χ0) is 16.3. The number of amides is 1. The van der Waals surface area contributed by atoms with Gasteiger partial charge >= 0.3 is 0 Å². The second kappa shape index (κ2) is 6.95. The van der Waals surface area contributed by atoms with E-state index < -0.39 is 0 Å². The van der Waals surface area contributed by atoms with E-state index in [-0.39, 0.29) is 35.3 Å². The van der Waals surface area contributed by atoms with E-state index in [9.17, 15) is 9.90 Å². The van der Waals surface area contributed by atoms with Gasteiger partial charge in [-0.05, 0) is 42.1 Å². The van der Waals surface area contributed by atoms with E-state index in [1.165, 1.54) is 6.08 Å². The second-order valence-corrected chi connectivity index (χ2v) is 7.86. The molecule has 1 saturated carbocycles. The lowest BCUT2D eigenvalue weighted by atomic mass is 9.56. The molecule has 0 aliphatic heterocycles. The number of aliphatic hydroxyl groups excluding tert-OH is 1. The van der Waals surface area contributed by atoms with Gasteiger partial charge in [0.25, 0.3) is 0 Å². The van der Waals surface area contributed by atoms with Crippen LogP contribution in [0.4, 0.5) is 0 Å². The van der Waals surface area contributed by atoms with Crippen molar-refractivity contribution in [2.24, 2.45) is 16.7 Å². The maximum Gasteiger partial charge on any atom is 0.246 e. The fraction of sp³-hybridized carbons (Fsp3) is 0.833. The van der Waals surface area contributed by atoms with Gasteiger partial charge in [-0.1, -0.05) is 47.6 Å². The molecule has 0 aromatic carbocycles. The summed E-state index contributed by atoms with van der Waals surface area (Å²) in [7, 11) is 0. The summed E-state index contributed by atoms with van der Waals surface area (Å²) in [5, 5.41) is 9.79. The fourth-order valence-electron chi connectivity index (χ4n) is 4.26. The summed E-state index contributed by atoms with van der Waals surface area (Å²) in [4.78, 5) is 14.3. The SMILES string of the molecule is C=CC(=O)N(CCCC)C1CC(C)(C)C(CO)C(C)(C)C1. The highest BCUT2D eigenvalue weighted by Gasteiger charge is 2.48. The minimum Gasteiger partial charge on any atom is -0.396 e. The van der Waals surface area contributed by atoms with Crippen molar-refractivity contribution in [2.45, 2.75) is 66.3 Å². The Hall–Kier alpha value is -0.830. The molecule has 0 radical (unpaired) electrons. The molecule has 0 unspecified atom stereocenters. The molecule has 0 bridgehead atoms. The fourth-order valence-corrected chi connectivity index (χ4v) is 4.26. The highest BCUT2D eigenvalue weighted by molar-refractivity contribution is 5.87. The number of carbonyl (C=O) groups excluding carboxylic acids is 1. The molecule has 21 heavy (non-hydrogen) atoms. The van der Waals surface area contributed by atoms with Crippen molar-refractivity contribution in [1.82, 2.24) is 4.90 Å². The summed E-state index contributed by atoms with van der Waals surface area (Å²) in [6.45, 7) is 15.7. The van der Waals surface area contributed by atoms with Crippen molar-refractivity contribution < 1.29 is 9.90 Å². The van der Waals surface area contributed by atoms with E-state index in [0.29, 0.717) is 0 Å². The Labute approximate surface area is 130 Å². The molecule has 1 aliphatic carbocycles. The van der Waals surface area contributed by atoms with E-state index in [1.54, 1.807) is 0 Å². The van der Waals surface area contributed by atoms with E-state index >= 15 is 0 Å². The van der Waals surface area contributed by atoms with Gasteiger partial charge in [-0.15, -0.1) is 0 Å². The molecule has 1 aliphatic rings. The number of unbranched alkanes of at least 4 members (excludes halogenated alkanes) is 1. The molecule has 0 aromatic rings. The van der Waals surface area contributed by atoms with Crippen LogP contribution in [0.3, 0.4) is 0 Å². The lowest BCUT2D eigenvalue weighted by molar-refractivity contribution is -0.134. The molecule has 0 aromatic heterocycles. The maximum absolute atomic E-state index is 12.2. The van der Waals surface area contributed by atoms with Crippen molar-refractivity contribution in [3.63, 3.8) is 0 Å². The molecule has 1 amide bonds. The molecule has 0 spiro atoms. The van der Waals surface area contributed by atoms with E-state index in [1.807, 2.05) is 4.90 Å². The lowest BCUT2D eigenvalue weighted by Crippen LogP contribution is -2.53. The second-order valence-electron chi connectivity index (χ2n) is 7.86. The van der Waals surface area contributed by atoms with Crippen molar-refractivity contribution in [2.75, 3.05) is 13.2 Å². The summed E-state index contributed by atoms with van der Waals surface area (Å²) in [6.07, 6.45) is 5.45. The summed E-state index contributed by atoms with van der Waals surface area (Å²) >= 11 is 0. The Morgan fingerprint density at radius 1 is 1.29 bits per heavy atom. The van der Waals surface area contributed by atoms with Gasteiger partial charge < -0.3 is 10.0 Å². The minimum atomic E-state index is 0.0348. The third kappa shape index (κ3) is 4.09. The predicted octanol–water partition coefficient (Wildman–Crippen LogP) is 3.62. The molecular formula is C18H33NO2. The average Bonchev–Trinajstić information content (AvgIpc) is 2.36. The zero-order valence-electron chi connectivity index (χ0n) is 14.5. The van der Waals surface area contributed by atoms with E-state index in [0.717, 1.165) is 32.2 Å². The molecule has 1 N–H and O–H groups in total. The van der Waals surface area contributed by atoms with Crippen molar-refractivity contribution in [3.8, 4) is 0 Å². The van der Waals surface area contributed by atoms with Crippen LogP contribution < -0.4 is 0 Å². The summed E-state index contributed by atoms with van der Waals surface area (Å²) in [5.74, 6) is 0.315. The first-order valence-electron chi connectivity index (χ1n) is 8.23. The van der Waals surface area contributed by atoms with Crippen molar-refractivity contribution in [1.29, 1.82) is 0 Å². The molecule has 122 valence electrons. The zero-order valence-corrected chi connectivity index (χ0v) is 14.5. The molecule has 0 heterocycles. The highest BCUT2D eigenvalue weighted by Crippen LogP contribution is 2.51. The van der Waals surface area contributed by atoms with Crippen LogP contribution in [0, 0.1) is 16.7 Å². The van der Waals surface area contributed by atoms with Gasteiger partial charge in [0.15, 0.2) is 0 Å². The van der Waals surface area contributed by atoms with Crippen LogP contribution in [-0.2, 0) is 4.79 Å². The number of hydrogen-bond acceptors (Lipinski definition) is 2. The minimum absolute atomic E-state index is 0.0348. The Morgan fingerprint density at radius 3 is 2.19 bits per heavy atom. The first-order valence-corrected chi connectivity index (χ1v) is 8.23. The van der Waals surface area contributed by atoms with Gasteiger partial charge in [-0.25, -0.2) is 0 Å². The summed E-state index contributed by atoms with van der Waals surface area (Å²) < 4.78 is 0. The van der Waals surface area contributed by atoms with E-state index in [4.69, 9.17) is 0 Å². The predicted molar refractivity (Wildman–Crippen MR) is 88.0 cm³/mol. The van der Waals surface area contributed by atoms with Crippen LogP contribution in [0.5, 0.6) is 0 Å². The van der Waals surface area contributed by atoms with Crippen molar-refractivity contribution >= 4 is 5.91 Å². The van der Waals surface area contributed by atoms with Crippen LogP contribution in [0.2, 0.25) is 0 Å². The standard InChI is InChI=1S/C18H33NO2/c1-7-9-10-19(16(21)8-2)14-11-17(3,4)15(13-20)18(5,6)12-14/h8,14-15,20H,2,7,9-13H2,1,3-6H3. The van der Waals surface area contributed by atoms with Crippen LogP contribution in [0.25, 0.3) is 0 Å². The van der Waals surface area contributed by atoms with Crippen LogP contribution in [0.15, 0.2) is 12.7 Å². The molecule has 1 fully saturated rings. The molecule has 0 saturated heterocycles. The first kappa shape index (κ1) is 18.2. The highest BCUT2D eigenvalue weighted by atomic mass is 16.3. The van der Waals surface area contributed by atoms with Gasteiger partial charge in [-0.2, -0.15) is 0 Å². The summed E-state index contributed by atoms with van der Waals surface area (Å²) in [5.41, 5.74) is 0.0696. The maximum atomic E-state index is 12.2. The molecule has 3 nitrogen and oxygen atoms in total. The molecule has 1 rings (SSSR count). The quantitative estimate of drug-likeness (QED) is 0.760. The normalized spacial score (nSPS) is 27.1. The van der Waals surface area contributed by atoms with Gasteiger partial charge in [0.1, 0.15) is 0 Å². The van der Waals surface area contributed by atoms with Gasteiger partial charge in [0, 0.05) is 19.2 Å². The van der Waals surface area contributed by atoms with Crippen LogP contribution >= 0.6 is 0 Å². The monoisotopic (exact) mass is 295 g/mol. The van der Waals surface area contributed by atoms with Gasteiger partial charge in [0.2, 0.25) is 5.91 Å². The smallest absolute Gasteiger partial charge is 0.246 e. The van der Waals surface area contributed by atoms with Crippen molar-refractivity contribution in [3.05, 3.63) is 12.7 Å². The van der Waals surface area contributed by atoms with Crippen LogP contribution in [0.1, 0.15) is 60.3 Å². The largest absolute Gasteiger partial charge is 0.396 e. The van der Waals surface area contributed by atoms with Crippen LogP contribution in [-0.4, -0.2) is 35.1 Å². The Kier molecular flexibility index (Phi) is 6.03. The number of nitrogens with zero attached hydrogens (tertiary/aromatic N) is 1. The van der Waals surface area contributed by atoms with Gasteiger partial charge in [0.05, 0.1) is 0 Å². The number of rotatable bonds is 6. The third-order valence-corrected chi connectivity index (χ3v) is 5.24. The first-order chi connectivity index (χ1) is 9.69. The topological polar surface area (TPSA) is 40.5 Å². The van der Waals surface area contributed by atoms with E-state index in [2.05, 4.69) is 41.2 Å². The third-order valence-electron chi connectivity index (χ3n) is 5.24. The Bertz CT molecular complexity index is 355. The Morgan fingerprint density at radius 2 is 1.81 bits per heavy atom. The molecular weight excluding hydrogens is 262 g/mol. The summed E-state index contributed by atoms with van der Waals surface area (Å²) in [6, 6.07) is 0.245. The molecule has 0 atom stereocenters.